The van der Waals surface area contributed by atoms with Gasteiger partial charge in [0.15, 0.2) is 0 Å². The molecule has 10 heteroatoms. The summed E-state index contributed by atoms with van der Waals surface area (Å²) >= 11 is 1.30. The van der Waals surface area contributed by atoms with Gasteiger partial charge in [0.1, 0.15) is 10.7 Å². The van der Waals surface area contributed by atoms with Crippen LogP contribution in [0.3, 0.4) is 0 Å². The molecular weight excluding hydrogens is 464 g/mol. The van der Waals surface area contributed by atoms with E-state index < -0.39 is 0 Å². The number of aromatic amines is 1. The topological polar surface area (TPSA) is 122 Å². The van der Waals surface area contributed by atoms with Crippen LogP contribution in [0.15, 0.2) is 48.4 Å². The molecule has 3 N–H and O–H groups in total. The van der Waals surface area contributed by atoms with Crippen LogP contribution in [0.5, 0.6) is 5.88 Å². The highest BCUT2D eigenvalue weighted by Gasteiger charge is 2.20. The molecule has 3 aromatic heterocycles. The molecule has 1 atom stereocenters. The van der Waals surface area contributed by atoms with E-state index in [9.17, 15) is 9.59 Å². The van der Waals surface area contributed by atoms with Crippen molar-refractivity contribution in [2.45, 2.75) is 38.1 Å². The lowest BCUT2D eigenvalue weighted by Crippen LogP contribution is -2.28. The molecule has 35 heavy (non-hydrogen) atoms. The average molecular weight is 493 g/mol. The van der Waals surface area contributed by atoms with E-state index >= 15 is 0 Å². The van der Waals surface area contributed by atoms with E-state index in [1.807, 2.05) is 24.3 Å². The highest BCUT2D eigenvalue weighted by Crippen LogP contribution is 2.29. The first kappa shape index (κ1) is 24.3. The van der Waals surface area contributed by atoms with E-state index in [2.05, 4.69) is 30.6 Å². The van der Waals surface area contributed by atoms with Gasteiger partial charge in [0.2, 0.25) is 11.8 Å². The molecule has 0 unspecified atom stereocenters. The summed E-state index contributed by atoms with van der Waals surface area (Å²) in [6.45, 7) is 0. The molecule has 1 aromatic carbocycles. The van der Waals surface area contributed by atoms with Gasteiger partial charge in [0, 0.05) is 30.6 Å². The molecular formula is C25H28N6O3S. The van der Waals surface area contributed by atoms with E-state index in [1.165, 1.54) is 11.3 Å². The number of amides is 2. The fourth-order valence-corrected chi connectivity index (χ4v) is 4.43. The number of fused-ring (bicyclic) bond motifs is 1. The van der Waals surface area contributed by atoms with Gasteiger partial charge in [-0.15, -0.1) is 11.3 Å². The first-order chi connectivity index (χ1) is 17.1. The molecule has 4 rings (SSSR count). The Balaban J connectivity index is 1.52. The molecule has 0 radical (unpaired) electrons. The maximum absolute atomic E-state index is 12.7. The smallest absolute Gasteiger partial charge is 0.263 e. The van der Waals surface area contributed by atoms with E-state index in [1.54, 1.807) is 38.3 Å². The highest BCUT2D eigenvalue weighted by molar-refractivity contribution is 7.11. The standard InChI is InChI=1S/C25H28N6O3S/c1-26-22(32)7-5-3-4-6-19(31-24(33)21-14-27-15-35-21)23-29-13-20(30-23)17-9-8-16-10-11-28-25(34-2)18(16)12-17/h8-15,19H,3-7H2,1-2H3,(H,26,32)(H,29,30)(H,31,33)/t19-/m0/s1. The van der Waals surface area contributed by atoms with E-state index in [4.69, 9.17) is 4.74 Å². The van der Waals surface area contributed by atoms with Gasteiger partial charge >= 0.3 is 0 Å². The van der Waals surface area contributed by atoms with Crippen molar-refractivity contribution >= 4 is 33.9 Å². The number of ether oxygens (including phenoxy) is 1. The second-order valence-electron chi connectivity index (χ2n) is 8.10. The third kappa shape index (κ3) is 6.02. The van der Waals surface area contributed by atoms with Crippen LogP contribution in [0.2, 0.25) is 0 Å². The van der Waals surface area contributed by atoms with Gasteiger partial charge < -0.3 is 20.4 Å². The number of imidazole rings is 1. The molecule has 0 bridgehead atoms. The quantitative estimate of drug-likeness (QED) is 0.269. The number of thiazole rings is 1. The Labute approximate surface area is 207 Å². The Morgan fingerprint density at radius 2 is 2.03 bits per heavy atom. The fourth-order valence-electron chi connectivity index (χ4n) is 3.90. The second kappa shape index (κ2) is 11.6. The third-order valence-electron chi connectivity index (χ3n) is 5.80. The predicted molar refractivity (Wildman–Crippen MR) is 135 cm³/mol. The van der Waals surface area contributed by atoms with Crippen molar-refractivity contribution < 1.29 is 14.3 Å². The largest absolute Gasteiger partial charge is 0.481 e. The summed E-state index contributed by atoms with van der Waals surface area (Å²) in [6, 6.07) is 7.69. The molecule has 0 aliphatic carbocycles. The number of benzene rings is 1. The van der Waals surface area contributed by atoms with Crippen LogP contribution in [0.25, 0.3) is 22.0 Å². The summed E-state index contributed by atoms with van der Waals surface area (Å²) in [5, 5.41) is 7.67. The minimum Gasteiger partial charge on any atom is -0.481 e. The van der Waals surface area contributed by atoms with Crippen LogP contribution >= 0.6 is 11.3 Å². The molecule has 0 aliphatic heterocycles. The second-order valence-corrected chi connectivity index (χ2v) is 8.99. The van der Waals surface area contributed by atoms with Crippen LogP contribution in [-0.2, 0) is 4.79 Å². The number of nitrogens with zero attached hydrogens (tertiary/aromatic N) is 3. The third-order valence-corrected chi connectivity index (χ3v) is 6.57. The number of nitrogens with one attached hydrogen (secondary N) is 3. The number of carbonyl (C=O) groups excluding carboxylic acids is 2. The molecule has 2 amide bonds. The lowest BCUT2D eigenvalue weighted by atomic mass is 10.1. The van der Waals surface area contributed by atoms with Crippen molar-refractivity contribution in [3.05, 3.63) is 59.1 Å². The summed E-state index contributed by atoms with van der Waals surface area (Å²) in [4.78, 5) is 41.0. The fraction of sp³-hybridized carbons (Fsp3) is 0.320. The zero-order chi connectivity index (χ0) is 24.6. The number of aromatic nitrogens is 4. The molecule has 0 saturated carbocycles. The van der Waals surface area contributed by atoms with Gasteiger partial charge in [0.25, 0.3) is 5.91 Å². The van der Waals surface area contributed by atoms with Crippen molar-refractivity contribution in [1.29, 1.82) is 0 Å². The lowest BCUT2D eigenvalue weighted by molar-refractivity contribution is -0.120. The maximum Gasteiger partial charge on any atom is 0.263 e. The average Bonchev–Trinajstić information content (AvgIpc) is 3.60. The van der Waals surface area contributed by atoms with Gasteiger partial charge in [-0.3, -0.25) is 14.6 Å². The van der Waals surface area contributed by atoms with Crippen LogP contribution in [0.4, 0.5) is 0 Å². The summed E-state index contributed by atoms with van der Waals surface area (Å²) in [5.41, 5.74) is 3.42. The minimum atomic E-state index is -0.296. The van der Waals surface area contributed by atoms with Crippen molar-refractivity contribution in [3.8, 4) is 17.1 Å². The number of H-pyrrole nitrogens is 1. The minimum absolute atomic E-state index is 0.0398. The Hall–Kier alpha value is -3.79. The number of hydrogen-bond acceptors (Lipinski definition) is 7. The molecule has 0 saturated heterocycles. The molecule has 9 nitrogen and oxygen atoms in total. The SMILES string of the molecule is CNC(=O)CCCCC[C@H](NC(=O)c1cncs1)c1ncc(-c2ccc3ccnc(OC)c3c2)[nH]1. The number of pyridine rings is 1. The van der Waals surface area contributed by atoms with Gasteiger partial charge in [-0.1, -0.05) is 25.0 Å². The zero-order valence-electron chi connectivity index (χ0n) is 19.7. The Morgan fingerprint density at radius 1 is 1.14 bits per heavy atom. The van der Waals surface area contributed by atoms with Gasteiger partial charge in [-0.2, -0.15) is 0 Å². The van der Waals surface area contributed by atoms with Crippen LogP contribution in [-0.4, -0.2) is 45.9 Å². The number of methoxy groups -OCH3 is 1. The van der Waals surface area contributed by atoms with Gasteiger partial charge in [-0.05, 0) is 30.4 Å². The maximum atomic E-state index is 12.7. The molecule has 0 spiro atoms. The summed E-state index contributed by atoms with van der Waals surface area (Å²) in [7, 11) is 3.25. The van der Waals surface area contributed by atoms with Crippen LogP contribution in [0, 0.1) is 0 Å². The highest BCUT2D eigenvalue weighted by atomic mass is 32.1. The summed E-state index contributed by atoms with van der Waals surface area (Å²) < 4.78 is 5.41. The molecule has 0 fully saturated rings. The van der Waals surface area contributed by atoms with Crippen molar-refractivity contribution in [2.75, 3.05) is 14.2 Å². The van der Waals surface area contributed by atoms with Crippen LogP contribution in [0.1, 0.15) is 53.6 Å². The van der Waals surface area contributed by atoms with Gasteiger partial charge in [0.05, 0.1) is 36.7 Å². The zero-order valence-corrected chi connectivity index (χ0v) is 20.5. The number of carbonyl (C=O) groups is 2. The Kier molecular flexibility index (Phi) is 8.04. The number of unbranched alkanes of at least 4 members (excludes halogenated alkanes) is 2. The monoisotopic (exact) mass is 492 g/mol. The Bertz CT molecular complexity index is 1290. The first-order valence-corrected chi connectivity index (χ1v) is 12.3. The Morgan fingerprint density at radius 3 is 2.80 bits per heavy atom. The number of rotatable bonds is 11. The summed E-state index contributed by atoms with van der Waals surface area (Å²) in [6.07, 6.45) is 8.78. The molecule has 4 aromatic rings. The summed E-state index contributed by atoms with van der Waals surface area (Å²) in [5.74, 6) is 1.11. The van der Waals surface area contributed by atoms with Crippen molar-refractivity contribution in [1.82, 2.24) is 30.6 Å². The molecule has 3 heterocycles. The molecule has 182 valence electrons. The van der Waals surface area contributed by atoms with E-state index in [-0.39, 0.29) is 17.9 Å². The van der Waals surface area contributed by atoms with Crippen molar-refractivity contribution in [2.24, 2.45) is 0 Å². The lowest BCUT2D eigenvalue weighted by Gasteiger charge is -2.16. The van der Waals surface area contributed by atoms with Crippen LogP contribution < -0.4 is 15.4 Å². The normalized spacial score (nSPS) is 11.8. The predicted octanol–water partition coefficient (Wildman–Crippen LogP) is 4.26. The first-order valence-electron chi connectivity index (χ1n) is 11.5. The van der Waals surface area contributed by atoms with E-state index in [0.29, 0.717) is 29.4 Å². The number of hydrogen-bond donors (Lipinski definition) is 3. The van der Waals surface area contributed by atoms with E-state index in [0.717, 1.165) is 41.3 Å². The molecule has 0 aliphatic rings. The van der Waals surface area contributed by atoms with Gasteiger partial charge in [-0.25, -0.2) is 9.97 Å². The van der Waals surface area contributed by atoms with Crippen molar-refractivity contribution in [3.63, 3.8) is 0 Å².